The molecule has 0 fully saturated rings. The van der Waals surface area contributed by atoms with Gasteiger partial charge in [0.2, 0.25) is 5.91 Å². The van der Waals surface area contributed by atoms with Gasteiger partial charge in [0.25, 0.3) is 5.56 Å². The number of benzene rings is 2. The molecule has 1 heterocycles. The Balaban J connectivity index is 1.88. The highest BCUT2D eigenvalue weighted by Crippen LogP contribution is 2.28. The predicted octanol–water partition coefficient (Wildman–Crippen LogP) is 9.18. The molecule has 230 valence electrons. The van der Waals surface area contributed by atoms with Crippen molar-refractivity contribution in [2.75, 3.05) is 13.7 Å². The van der Waals surface area contributed by atoms with E-state index in [0.29, 0.717) is 36.1 Å². The minimum Gasteiger partial charge on any atom is -0.497 e. The summed E-state index contributed by atoms with van der Waals surface area (Å²) in [7, 11) is 1.63. The molecule has 0 bridgehead atoms. The van der Waals surface area contributed by atoms with Crippen LogP contribution in [0.15, 0.2) is 53.3 Å². The van der Waals surface area contributed by atoms with Crippen LogP contribution in [0.4, 0.5) is 0 Å². The third kappa shape index (κ3) is 9.43. The van der Waals surface area contributed by atoms with Gasteiger partial charge in [-0.1, -0.05) is 104 Å². The molecule has 1 atom stereocenters. The van der Waals surface area contributed by atoms with E-state index in [-0.39, 0.29) is 17.5 Å². The summed E-state index contributed by atoms with van der Waals surface area (Å²) < 4.78 is 7.08. The fourth-order valence-corrected chi connectivity index (χ4v) is 5.79. The Labute approximate surface area is 253 Å². The summed E-state index contributed by atoms with van der Waals surface area (Å²) in [6, 6.07) is 14.7. The Morgan fingerprint density at radius 1 is 0.810 bits per heavy atom. The predicted molar refractivity (Wildman–Crippen MR) is 175 cm³/mol. The molecule has 1 amide bonds. The molecule has 0 unspecified atom stereocenters. The molecule has 1 aromatic heterocycles. The van der Waals surface area contributed by atoms with E-state index in [2.05, 4.69) is 20.8 Å². The van der Waals surface area contributed by atoms with Gasteiger partial charge in [-0.25, -0.2) is 4.98 Å². The first-order valence-corrected chi connectivity index (χ1v) is 16.5. The molecular weight excluding hydrogens is 522 g/mol. The number of nitrogens with zero attached hydrogens (tertiary/aromatic N) is 3. The maximum absolute atomic E-state index is 14.0. The second-order valence-electron chi connectivity index (χ2n) is 11.5. The van der Waals surface area contributed by atoms with E-state index >= 15 is 0 Å². The van der Waals surface area contributed by atoms with Gasteiger partial charge in [0.1, 0.15) is 11.6 Å². The fraction of sp³-hybridized carbons (Fsp3) is 0.583. The monoisotopic (exact) mass is 575 g/mol. The van der Waals surface area contributed by atoms with Crippen molar-refractivity contribution in [3.05, 3.63) is 64.7 Å². The molecule has 0 aliphatic carbocycles. The number of rotatable bonds is 20. The quantitative estimate of drug-likeness (QED) is 0.126. The summed E-state index contributed by atoms with van der Waals surface area (Å²) in [6.45, 7) is 7.23. The second-order valence-corrected chi connectivity index (χ2v) is 11.5. The second kappa shape index (κ2) is 18.4. The average molecular weight is 576 g/mol. The van der Waals surface area contributed by atoms with Gasteiger partial charge in [-0.3, -0.25) is 14.2 Å². The number of ether oxygens (including phenoxy) is 1. The largest absolute Gasteiger partial charge is 0.497 e. The molecule has 6 nitrogen and oxygen atoms in total. The van der Waals surface area contributed by atoms with E-state index in [1.54, 1.807) is 11.7 Å². The Morgan fingerprint density at radius 2 is 1.40 bits per heavy atom. The lowest BCUT2D eigenvalue weighted by atomic mass is 10.0. The molecule has 0 saturated heterocycles. The summed E-state index contributed by atoms with van der Waals surface area (Å²) in [5.41, 5.74) is 1.28. The first-order chi connectivity index (χ1) is 20.5. The van der Waals surface area contributed by atoms with Crippen LogP contribution in [0.1, 0.15) is 129 Å². The van der Waals surface area contributed by atoms with Crippen molar-refractivity contribution >= 4 is 16.8 Å². The standard InChI is InChI=1S/C36H53N3O3/c1-5-8-10-12-13-14-15-16-17-23-34(40)38(28-20-11-9-6-2)33(7-3)35-37-32-22-19-18-21-31(32)36(41)39(35)29-24-26-30(42-4)27-25-29/h18-19,21-22,24-27,33H,5-17,20,23,28H2,1-4H3/t33-/m0/s1. The van der Waals surface area contributed by atoms with Crippen molar-refractivity contribution in [1.29, 1.82) is 0 Å². The van der Waals surface area contributed by atoms with Crippen LogP contribution in [-0.2, 0) is 4.79 Å². The third-order valence-electron chi connectivity index (χ3n) is 8.26. The maximum atomic E-state index is 14.0. The number of hydrogen-bond acceptors (Lipinski definition) is 4. The van der Waals surface area contributed by atoms with Crippen LogP contribution in [0.3, 0.4) is 0 Å². The molecule has 0 radical (unpaired) electrons. The molecule has 0 aliphatic rings. The summed E-state index contributed by atoms with van der Waals surface area (Å²) >= 11 is 0. The van der Waals surface area contributed by atoms with E-state index in [4.69, 9.17) is 9.72 Å². The number of hydrogen-bond donors (Lipinski definition) is 0. The number of para-hydroxylation sites is 1. The number of carbonyl (C=O) groups excluding carboxylic acids is 1. The number of methoxy groups -OCH3 is 1. The van der Waals surface area contributed by atoms with Gasteiger partial charge in [-0.05, 0) is 55.7 Å². The fourth-order valence-electron chi connectivity index (χ4n) is 5.79. The zero-order chi connectivity index (χ0) is 30.2. The molecule has 0 saturated carbocycles. The minimum atomic E-state index is -0.294. The van der Waals surface area contributed by atoms with Crippen LogP contribution in [0.25, 0.3) is 16.6 Å². The highest BCUT2D eigenvalue weighted by Gasteiger charge is 2.28. The van der Waals surface area contributed by atoms with E-state index in [1.165, 1.54) is 44.9 Å². The molecular formula is C36H53N3O3. The van der Waals surface area contributed by atoms with Gasteiger partial charge < -0.3 is 9.64 Å². The van der Waals surface area contributed by atoms with Gasteiger partial charge >= 0.3 is 0 Å². The molecule has 0 spiro atoms. The molecule has 0 aliphatic heterocycles. The Bertz CT molecular complexity index is 1270. The molecule has 3 aromatic rings. The number of fused-ring (bicyclic) bond motifs is 1. The smallest absolute Gasteiger partial charge is 0.266 e. The van der Waals surface area contributed by atoms with E-state index in [9.17, 15) is 9.59 Å². The van der Waals surface area contributed by atoms with Gasteiger partial charge in [-0.15, -0.1) is 0 Å². The molecule has 2 aromatic carbocycles. The molecule has 42 heavy (non-hydrogen) atoms. The molecule has 6 heteroatoms. The van der Waals surface area contributed by atoms with E-state index < -0.39 is 0 Å². The highest BCUT2D eigenvalue weighted by atomic mass is 16.5. The SMILES string of the molecule is CCCCCCCCCCCC(=O)N(CCCCCC)[C@@H](CC)c1nc2ccccc2c(=O)n1-c1ccc(OC)cc1. The van der Waals surface area contributed by atoms with Gasteiger partial charge in [-0.2, -0.15) is 0 Å². The van der Waals surface area contributed by atoms with Crippen molar-refractivity contribution in [1.82, 2.24) is 14.5 Å². The van der Waals surface area contributed by atoms with Gasteiger partial charge in [0.05, 0.1) is 29.7 Å². The average Bonchev–Trinajstić information content (AvgIpc) is 3.02. The van der Waals surface area contributed by atoms with Gasteiger partial charge in [0.15, 0.2) is 0 Å². The topological polar surface area (TPSA) is 64.4 Å². The van der Waals surface area contributed by atoms with Crippen LogP contribution < -0.4 is 10.3 Å². The summed E-state index contributed by atoms with van der Waals surface area (Å²) in [4.78, 5) is 34.9. The summed E-state index contributed by atoms with van der Waals surface area (Å²) in [5.74, 6) is 1.52. The van der Waals surface area contributed by atoms with Crippen molar-refractivity contribution in [2.45, 2.75) is 123 Å². The van der Waals surface area contributed by atoms with E-state index in [0.717, 1.165) is 50.0 Å². The zero-order valence-electron chi connectivity index (χ0n) is 26.6. The van der Waals surface area contributed by atoms with Crippen LogP contribution in [0, 0.1) is 0 Å². The van der Waals surface area contributed by atoms with Gasteiger partial charge in [0, 0.05) is 13.0 Å². The highest BCUT2D eigenvalue weighted by molar-refractivity contribution is 5.79. The normalized spacial score (nSPS) is 12.0. The van der Waals surface area contributed by atoms with Crippen LogP contribution >= 0.6 is 0 Å². The van der Waals surface area contributed by atoms with E-state index in [1.807, 2.05) is 53.4 Å². The zero-order valence-corrected chi connectivity index (χ0v) is 26.6. The molecule has 3 rings (SSSR count). The maximum Gasteiger partial charge on any atom is 0.266 e. The lowest BCUT2D eigenvalue weighted by Crippen LogP contribution is -2.39. The summed E-state index contributed by atoms with van der Waals surface area (Å²) in [6.07, 6.45) is 16.6. The molecule has 0 N–H and O–H groups in total. The number of unbranched alkanes of at least 4 members (excludes halogenated alkanes) is 11. The minimum absolute atomic E-state index is 0.114. The van der Waals surface area contributed by atoms with Crippen molar-refractivity contribution in [3.63, 3.8) is 0 Å². The first-order valence-electron chi connectivity index (χ1n) is 16.5. The van der Waals surface area contributed by atoms with Crippen LogP contribution in [0.5, 0.6) is 5.75 Å². The van der Waals surface area contributed by atoms with Crippen molar-refractivity contribution in [2.24, 2.45) is 0 Å². The Morgan fingerprint density at radius 3 is 2.02 bits per heavy atom. The van der Waals surface area contributed by atoms with Crippen molar-refractivity contribution < 1.29 is 9.53 Å². The number of carbonyl (C=O) groups is 1. The summed E-state index contributed by atoms with van der Waals surface area (Å²) in [5, 5.41) is 0.572. The van der Waals surface area contributed by atoms with Crippen molar-refractivity contribution in [3.8, 4) is 11.4 Å². The first kappa shape index (κ1) is 33.4. The Hall–Kier alpha value is -3.15. The lowest BCUT2D eigenvalue weighted by molar-refractivity contribution is -0.134. The van der Waals surface area contributed by atoms with Crippen LogP contribution in [-0.4, -0.2) is 34.0 Å². The lowest BCUT2D eigenvalue weighted by Gasteiger charge is -2.32. The third-order valence-corrected chi connectivity index (χ3v) is 8.26. The van der Waals surface area contributed by atoms with Crippen LogP contribution in [0.2, 0.25) is 0 Å². The number of aromatic nitrogens is 2. The number of amides is 1. The Kier molecular flexibility index (Phi) is 14.6.